The van der Waals surface area contributed by atoms with Crippen LogP contribution in [0.1, 0.15) is 18.5 Å². The van der Waals surface area contributed by atoms with Crippen molar-refractivity contribution in [3.63, 3.8) is 0 Å². The second kappa shape index (κ2) is 5.38. The maximum atomic E-state index is 13.7. The number of nitrogens with zero attached hydrogens (tertiary/aromatic N) is 2. The molecule has 25 heavy (non-hydrogen) atoms. The first-order chi connectivity index (χ1) is 11.9. The molecule has 2 heterocycles. The van der Waals surface area contributed by atoms with Crippen molar-refractivity contribution in [2.24, 2.45) is 0 Å². The van der Waals surface area contributed by atoms with Crippen LogP contribution in [0.2, 0.25) is 0 Å². The summed E-state index contributed by atoms with van der Waals surface area (Å²) < 4.78 is 54.5. The summed E-state index contributed by atoms with van der Waals surface area (Å²) in [6.07, 6.45) is 1.53. The third-order valence-corrected chi connectivity index (χ3v) is 6.21. The quantitative estimate of drug-likeness (QED) is 0.758. The van der Waals surface area contributed by atoms with Crippen LogP contribution < -0.4 is 4.31 Å². The van der Waals surface area contributed by atoms with E-state index >= 15 is 0 Å². The number of sulfonamides is 1. The number of benzene rings is 2. The average molecular weight is 361 g/mol. The van der Waals surface area contributed by atoms with Crippen molar-refractivity contribution < 1.29 is 17.2 Å². The predicted molar refractivity (Wildman–Crippen MR) is 88.5 cm³/mol. The number of fused-ring (bicyclic) bond motifs is 3. The molecule has 0 spiro atoms. The fraction of sp³-hybridized carbons (Fsp3) is 0.118. The standard InChI is InChI=1S/C17H13F2N3O2S/c1-10-15-9-20-21-17(15)14-8-12(19)4-7-16(14)22(10)25(23,24)13-5-2-11(18)3-6-13/h2-10H,1H3,(H,20,21)/t10-/m1/s1. The lowest BCUT2D eigenvalue weighted by Gasteiger charge is -2.35. The Morgan fingerprint density at radius 3 is 2.48 bits per heavy atom. The van der Waals surface area contributed by atoms with Gasteiger partial charge in [-0.1, -0.05) is 0 Å². The number of nitrogens with one attached hydrogen (secondary N) is 1. The van der Waals surface area contributed by atoms with Crippen molar-refractivity contribution in [3.05, 3.63) is 65.9 Å². The molecular formula is C17H13F2N3O2S. The molecule has 0 amide bonds. The largest absolute Gasteiger partial charge is 0.277 e. The third-order valence-electron chi connectivity index (χ3n) is 4.31. The lowest BCUT2D eigenvalue weighted by Crippen LogP contribution is -2.36. The molecule has 128 valence electrons. The minimum atomic E-state index is -3.97. The summed E-state index contributed by atoms with van der Waals surface area (Å²) in [5, 5.41) is 6.77. The van der Waals surface area contributed by atoms with Gasteiger partial charge in [0.2, 0.25) is 0 Å². The van der Waals surface area contributed by atoms with Crippen LogP contribution in [0.25, 0.3) is 11.3 Å². The number of aromatic nitrogens is 2. The number of hydrogen-bond acceptors (Lipinski definition) is 3. The molecule has 1 N–H and O–H groups in total. The van der Waals surface area contributed by atoms with E-state index in [4.69, 9.17) is 0 Å². The molecule has 0 saturated heterocycles. The van der Waals surface area contributed by atoms with Crippen molar-refractivity contribution in [2.75, 3.05) is 4.31 Å². The van der Waals surface area contributed by atoms with Crippen molar-refractivity contribution in [1.82, 2.24) is 10.2 Å². The Morgan fingerprint density at radius 1 is 1.08 bits per heavy atom. The molecule has 0 aliphatic carbocycles. The Kier molecular flexibility index (Phi) is 3.40. The second-order valence-corrected chi connectivity index (χ2v) is 7.61. The second-order valence-electron chi connectivity index (χ2n) is 5.79. The molecule has 1 atom stereocenters. The molecule has 1 aliphatic heterocycles. The van der Waals surface area contributed by atoms with Crippen LogP contribution in [-0.4, -0.2) is 18.6 Å². The first kappa shape index (κ1) is 15.8. The van der Waals surface area contributed by atoms with E-state index in [2.05, 4.69) is 10.2 Å². The van der Waals surface area contributed by atoms with Gasteiger partial charge >= 0.3 is 0 Å². The van der Waals surface area contributed by atoms with Crippen LogP contribution in [0, 0.1) is 11.6 Å². The van der Waals surface area contributed by atoms with Gasteiger partial charge in [-0.2, -0.15) is 5.10 Å². The van der Waals surface area contributed by atoms with Crippen LogP contribution in [-0.2, 0) is 10.0 Å². The summed E-state index contributed by atoms with van der Waals surface area (Å²) >= 11 is 0. The fourth-order valence-electron chi connectivity index (χ4n) is 3.12. The van der Waals surface area contributed by atoms with Gasteiger partial charge in [0, 0.05) is 11.1 Å². The topological polar surface area (TPSA) is 66.1 Å². The minimum Gasteiger partial charge on any atom is -0.277 e. The van der Waals surface area contributed by atoms with E-state index in [1.807, 2.05) is 0 Å². The number of hydrogen-bond donors (Lipinski definition) is 1. The van der Waals surface area contributed by atoms with E-state index in [-0.39, 0.29) is 4.90 Å². The molecule has 3 aromatic rings. The van der Waals surface area contributed by atoms with Gasteiger partial charge in [0.05, 0.1) is 28.5 Å². The summed E-state index contributed by atoms with van der Waals surface area (Å²) in [6, 6.07) is 7.96. The zero-order chi connectivity index (χ0) is 17.8. The molecule has 2 aromatic carbocycles. The monoisotopic (exact) mass is 361 g/mol. The zero-order valence-corrected chi connectivity index (χ0v) is 13.9. The normalized spacial score (nSPS) is 16.4. The molecule has 0 radical (unpaired) electrons. The van der Waals surface area contributed by atoms with Crippen LogP contribution >= 0.6 is 0 Å². The van der Waals surface area contributed by atoms with E-state index in [9.17, 15) is 17.2 Å². The molecule has 0 unspecified atom stereocenters. The van der Waals surface area contributed by atoms with E-state index in [1.54, 1.807) is 6.92 Å². The van der Waals surface area contributed by atoms with E-state index < -0.39 is 27.7 Å². The summed E-state index contributed by atoms with van der Waals surface area (Å²) in [7, 11) is -3.97. The highest BCUT2D eigenvalue weighted by atomic mass is 32.2. The lowest BCUT2D eigenvalue weighted by atomic mass is 9.97. The number of rotatable bonds is 2. The molecular weight excluding hydrogens is 348 g/mol. The van der Waals surface area contributed by atoms with Gasteiger partial charge in [0.1, 0.15) is 11.6 Å². The minimum absolute atomic E-state index is 0.0389. The van der Waals surface area contributed by atoms with E-state index in [0.717, 1.165) is 12.1 Å². The van der Waals surface area contributed by atoms with Gasteiger partial charge in [0.25, 0.3) is 10.0 Å². The SMILES string of the molecule is C[C@@H]1c2cn[nH]c2-c2cc(F)ccc2N1S(=O)(=O)c1ccc(F)cc1. The van der Waals surface area contributed by atoms with E-state index in [1.165, 1.54) is 40.8 Å². The molecule has 0 saturated carbocycles. The summed E-state index contributed by atoms with van der Waals surface area (Å²) in [4.78, 5) is -0.0389. The van der Waals surface area contributed by atoms with Gasteiger partial charge in [-0.05, 0) is 49.4 Å². The van der Waals surface area contributed by atoms with Gasteiger partial charge < -0.3 is 0 Å². The Morgan fingerprint density at radius 2 is 1.76 bits per heavy atom. The highest BCUT2D eigenvalue weighted by Crippen LogP contribution is 2.46. The van der Waals surface area contributed by atoms with Gasteiger partial charge in [-0.15, -0.1) is 0 Å². The van der Waals surface area contributed by atoms with Crippen molar-refractivity contribution in [2.45, 2.75) is 17.9 Å². The Balaban J connectivity index is 1.95. The Hall–Kier alpha value is -2.74. The van der Waals surface area contributed by atoms with Crippen molar-refractivity contribution >= 4 is 15.7 Å². The molecule has 1 aromatic heterocycles. The van der Waals surface area contributed by atoms with Crippen LogP contribution in [0.4, 0.5) is 14.5 Å². The first-order valence-electron chi connectivity index (χ1n) is 7.53. The van der Waals surface area contributed by atoms with Crippen LogP contribution in [0.15, 0.2) is 53.6 Å². The van der Waals surface area contributed by atoms with Gasteiger partial charge in [0.15, 0.2) is 0 Å². The van der Waals surface area contributed by atoms with E-state index in [0.29, 0.717) is 22.5 Å². The number of halogens is 2. The molecule has 1 aliphatic rings. The lowest BCUT2D eigenvalue weighted by molar-refractivity contribution is 0.580. The summed E-state index contributed by atoms with van der Waals surface area (Å²) in [5.74, 6) is -1.00. The number of H-pyrrole nitrogens is 1. The molecule has 0 bridgehead atoms. The molecule has 0 fully saturated rings. The van der Waals surface area contributed by atoms with Crippen LogP contribution in [0.3, 0.4) is 0 Å². The summed E-state index contributed by atoms with van der Waals surface area (Å²) in [5.41, 5.74) is 1.99. The zero-order valence-electron chi connectivity index (χ0n) is 13.1. The smallest absolute Gasteiger partial charge is 0.264 e. The number of anilines is 1. The fourth-order valence-corrected chi connectivity index (χ4v) is 4.78. The Labute approximate surface area is 143 Å². The third kappa shape index (κ3) is 2.32. The predicted octanol–water partition coefficient (Wildman–Crippen LogP) is 3.62. The van der Waals surface area contributed by atoms with Gasteiger partial charge in [-0.25, -0.2) is 17.2 Å². The summed E-state index contributed by atoms with van der Waals surface area (Å²) in [6.45, 7) is 1.72. The van der Waals surface area contributed by atoms with Gasteiger partial charge in [-0.3, -0.25) is 9.40 Å². The molecule has 4 rings (SSSR count). The maximum Gasteiger partial charge on any atom is 0.264 e. The maximum absolute atomic E-state index is 13.7. The molecule has 8 heteroatoms. The average Bonchev–Trinajstić information content (AvgIpc) is 3.06. The Bertz CT molecular complexity index is 1060. The molecule has 5 nitrogen and oxygen atoms in total. The first-order valence-corrected chi connectivity index (χ1v) is 8.97. The highest BCUT2D eigenvalue weighted by Gasteiger charge is 2.38. The van der Waals surface area contributed by atoms with Crippen molar-refractivity contribution in [1.29, 1.82) is 0 Å². The van der Waals surface area contributed by atoms with Crippen molar-refractivity contribution in [3.8, 4) is 11.3 Å². The highest BCUT2D eigenvalue weighted by molar-refractivity contribution is 7.92. The number of aromatic amines is 1. The van der Waals surface area contributed by atoms with Crippen LogP contribution in [0.5, 0.6) is 0 Å².